The van der Waals surface area contributed by atoms with Gasteiger partial charge in [-0.1, -0.05) is 87.3 Å². The molecule has 4 aromatic rings. The fourth-order valence-electron chi connectivity index (χ4n) is 4.37. The van der Waals surface area contributed by atoms with Gasteiger partial charge in [-0.3, -0.25) is 19.2 Å². The zero-order valence-electron chi connectivity index (χ0n) is 23.0. The molecule has 0 N–H and O–H groups in total. The zero-order valence-corrected chi connectivity index (χ0v) is 28.3. The molecule has 9 nitrogen and oxygen atoms in total. The van der Waals surface area contributed by atoms with Crippen LogP contribution in [0.5, 0.6) is 5.75 Å². The van der Waals surface area contributed by atoms with Crippen molar-refractivity contribution in [1.29, 1.82) is 0 Å². The van der Waals surface area contributed by atoms with E-state index in [9.17, 15) is 27.6 Å². The number of hydrazine groups is 1. The van der Waals surface area contributed by atoms with E-state index in [1.807, 2.05) is 0 Å². The molecule has 4 aromatic carbocycles. The van der Waals surface area contributed by atoms with Crippen molar-refractivity contribution in [2.75, 3.05) is 6.54 Å². The minimum Gasteiger partial charge on any atom is -0.379 e. The Labute approximate surface area is 292 Å². The second-order valence-corrected chi connectivity index (χ2v) is 13.6. The predicted molar refractivity (Wildman–Crippen MR) is 174 cm³/mol. The molecular weight excluding hydrogens is 745 g/mol. The van der Waals surface area contributed by atoms with Gasteiger partial charge in [0, 0.05) is 11.1 Å². The normalized spacial score (nSPS) is 12.7. The Morgan fingerprint density at radius 3 is 1.76 bits per heavy atom. The van der Waals surface area contributed by atoms with Crippen molar-refractivity contribution < 1.29 is 31.8 Å². The van der Waals surface area contributed by atoms with Crippen LogP contribution in [-0.4, -0.2) is 48.5 Å². The number of imide groups is 1. The van der Waals surface area contributed by atoms with Crippen molar-refractivity contribution in [3.63, 3.8) is 0 Å². The fraction of sp³-hybridized carbons (Fsp3) is 0.0667. The van der Waals surface area contributed by atoms with E-state index in [-0.39, 0.29) is 51.9 Å². The lowest BCUT2D eigenvalue weighted by Crippen LogP contribution is -2.51. The fourth-order valence-corrected chi connectivity index (χ4v) is 6.61. The quantitative estimate of drug-likeness (QED) is 0.0584. The first-order valence-corrected chi connectivity index (χ1v) is 16.5. The van der Waals surface area contributed by atoms with Crippen LogP contribution in [0.2, 0.25) is 30.1 Å². The van der Waals surface area contributed by atoms with Gasteiger partial charge in [-0.25, -0.2) is 5.01 Å². The zero-order chi connectivity index (χ0) is 33.7. The SMILES string of the molecule is Cc1ccc(S(=O)(=O)Oc2ccc(C(=O)CN(C(=O)c3ccc(Cl)c(Cl)c3)N3C(=O)c4c(Cl)c(Cl)c(Cl)c(Cl)c4C3=O)cc2)cc1. The van der Waals surface area contributed by atoms with Crippen LogP contribution < -0.4 is 4.18 Å². The summed E-state index contributed by atoms with van der Waals surface area (Å²) < 4.78 is 30.5. The summed E-state index contributed by atoms with van der Waals surface area (Å²) in [5, 5.41) is -0.234. The number of Topliss-reactive ketones (excluding diaryl/α,β-unsaturated/α-hetero) is 1. The second kappa shape index (κ2) is 13.0. The maximum absolute atomic E-state index is 13.8. The third-order valence-electron chi connectivity index (χ3n) is 6.71. The first-order chi connectivity index (χ1) is 21.6. The number of halogens is 6. The number of fused-ring (bicyclic) bond motifs is 1. The van der Waals surface area contributed by atoms with E-state index in [0.717, 1.165) is 5.56 Å². The Balaban J connectivity index is 1.48. The summed E-state index contributed by atoms with van der Waals surface area (Å²) in [6, 6.07) is 14.8. The molecule has 46 heavy (non-hydrogen) atoms. The van der Waals surface area contributed by atoms with Crippen LogP contribution in [0.1, 0.15) is 47.0 Å². The number of aryl methyl sites for hydroxylation is 1. The molecule has 5 rings (SSSR count). The molecule has 0 fully saturated rings. The molecule has 0 saturated carbocycles. The number of hydrogen-bond acceptors (Lipinski definition) is 7. The van der Waals surface area contributed by atoms with Crippen molar-refractivity contribution in [3.8, 4) is 5.75 Å². The van der Waals surface area contributed by atoms with Gasteiger partial charge in [0.15, 0.2) is 5.78 Å². The highest BCUT2D eigenvalue weighted by Gasteiger charge is 2.46. The summed E-state index contributed by atoms with van der Waals surface area (Å²) in [5.74, 6) is -4.05. The number of carbonyl (C=O) groups excluding carboxylic acids is 4. The molecule has 1 aliphatic heterocycles. The number of rotatable bonds is 8. The molecular formula is C30H16Cl6N2O7S. The molecule has 0 bridgehead atoms. The van der Waals surface area contributed by atoms with Gasteiger partial charge in [-0.15, -0.1) is 0 Å². The van der Waals surface area contributed by atoms with Gasteiger partial charge < -0.3 is 4.18 Å². The largest absolute Gasteiger partial charge is 0.379 e. The van der Waals surface area contributed by atoms with E-state index in [0.29, 0.717) is 10.0 Å². The average Bonchev–Trinajstić information content (AvgIpc) is 3.28. The molecule has 236 valence electrons. The summed E-state index contributed by atoms with van der Waals surface area (Å²) in [7, 11) is -4.17. The highest BCUT2D eigenvalue weighted by atomic mass is 35.5. The minimum atomic E-state index is -4.17. The lowest BCUT2D eigenvalue weighted by Gasteiger charge is -2.29. The van der Waals surface area contributed by atoms with E-state index >= 15 is 0 Å². The van der Waals surface area contributed by atoms with Gasteiger partial charge in [0.1, 0.15) is 17.2 Å². The Hall–Kier alpha value is -3.35. The van der Waals surface area contributed by atoms with Crippen LogP contribution in [0, 0.1) is 6.92 Å². The Kier molecular flexibility index (Phi) is 9.64. The van der Waals surface area contributed by atoms with Crippen LogP contribution in [0.3, 0.4) is 0 Å². The number of carbonyl (C=O) groups is 4. The van der Waals surface area contributed by atoms with Gasteiger partial charge >= 0.3 is 10.1 Å². The maximum Gasteiger partial charge on any atom is 0.339 e. The summed E-state index contributed by atoms with van der Waals surface area (Å²) in [6.45, 7) is 0.944. The molecule has 0 aromatic heterocycles. The smallest absolute Gasteiger partial charge is 0.339 e. The van der Waals surface area contributed by atoms with E-state index in [1.165, 1.54) is 54.6 Å². The van der Waals surface area contributed by atoms with Crippen molar-refractivity contribution >= 4 is 103 Å². The standard InChI is InChI=1S/C30H16Cl6N2O7S/c1-14-2-9-18(10-3-14)46(43,44)45-17-7-4-15(5-8-17)21(39)13-37(28(40)16-6-11-19(31)20(32)12-16)38-29(41)22-23(30(38)42)25(34)27(36)26(35)24(22)33/h2-12H,13H2,1H3. The van der Waals surface area contributed by atoms with Gasteiger partial charge in [0.05, 0.1) is 41.3 Å². The summed E-state index contributed by atoms with van der Waals surface area (Å²) >= 11 is 36.8. The van der Waals surface area contributed by atoms with Crippen LogP contribution in [0.15, 0.2) is 71.6 Å². The molecule has 16 heteroatoms. The molecule has 1 heterocycles. The molecule has 0 aliphatic carbocycles. The van der Waals surface area contributed by atoms with E-state index < -0.39 is 51.3 Å². The van der Waals surface area contributed by atoms with Gasteiger partial charge in [0.2, 0.25) is 0 Å². The number of hydrogen-bond donors (Lipinski definition) is 0. The average molecular weight is 761 g/mol. The maximum atomic E-state index is 13.8. The lowest BCUT2D eigenvalue weighted by atomic mass is 10.1. The Morgan fingerprint density at radius 2 is 1.24 bits per heavy atom. The van der Waals surface area contributed by atoms with E-state index in [4.69, 9.17) is 73.8 Å². The second-order valence-electron chi connectivity index (χ2n) is 9.72. The topological polar surface area (TPSA) is 118 Å². The van der Waals surface area contributed by atoms with Crippen molar-refractivity contribution in [1.82, 2.24) is 10.0 Å². The monoisotopic (exact) mass is 758 g/mol. The van der Waals surface area contributed by atoms with Crippen LogP contribution in [0.4, 0.5) is 0 Å². The first-order valence-electron chi connectivity index (χ1n) is 12.8. The third-order valence-corrected chi connectivity index (χ3v) is 10.5. The van der Waals surface area contributed by atoms with Crippen LogP contribution in [-0.2, 0) is 10.1 Å². The van der Waals surface area contributed by atoms with Crippen molar-refractivity contribution in [2.45, 2.75) is 11.8 Å². The predicted octanol–water partition coefficient (Wildman–Crippen LogP) is 8.22. The van der Waals surface area contributed by atoms with Crippen LogP contribution >= 0.6 is 69.6 Å². The van der Waals surface area contributed by atoms with Crippen molar-refractivity contribution in [2.24, 2.45) is 0 Å². The van der Waals surface area contributed by atoms with E-state index in [2.05, 4.69) is 0 Å². The summed E-state index contributed by atoms with van der Waals surface area (Å²) in [6.07, 6.45) is 0. The molecule has 3 amide bonds. The molecule has 0 saturated heterocycles. The van der Waals surface area contributed by atoms with Crippen molar-refractivity contribution in [3.05, 3.63) is 125 Å². The third kappa shape index (κ3) is 6.31. The molecule has 0 unspecified atom stereocenters. The number of nitrogens with zero attached hydrogens (tertiary/aromatic N) is 2. The number of benzene rings is 4. The number of amides is 3. The molecule has 0 spiro atoms. The summed E-state index contributed by atoms with van der Waals surface area (Å²) in [5.41, 5.74) is -0.125. The Bertz CT molecular complexity index is 2020. The van der Waals surface area contributed by atoms with E-state index in [1.54, 1.807) is 19.1 Å². The van der Waals surface area contributed by atoms with Gasteiger partial charge in [0.25, 0.3) is 17.7 Å². The molecule has 0 atom stereocenters. The summed E-state index contributed by atoms with van der Waals surface area (Å²) in [4.78, 5) is 54.4. The highest BCUT2D eigenvalue weighted by Crippen LogP contribution is 2.45. The Morgan fingerprint density at radius 1 is 0.717 bits per heavy atom. The van der Waals surface area contributed by atoms with Gasteiger partial charge in [-0.05, 0) is 61.5 Å². The highest BCUT2D eigenvalue weighted by molar-refractivity contribution is 7.87. The molecule has 0 radical (unpaired) electrons. The molecule has 1 aliphatic rings. The minimum absolute atomic E-state index is 0.0121. The number of ketones is 1. The van der Waals surface area contributed by atoms with Crippen LogP contribution in [0.25, 0.3) is 0 Å². The lowest BCUT2D eigenvalue weighted by molar-refractivity contribution is 0.00532. The van der Waals surface area contributed by atoms with Gasteiger partial charge in [-0.2, -0.15) is 13.4 Å². The first kappa shape index (κ1) is 34.0.